The van der Waals surface area contributed by atoms with E-state index >= 15 is 0 Å². The van der Waals surface area contributed by atoms with Crippen molar-refractivity contribution in [1.82, 2.24) is 15.2 Å². The normalized spacial score (nSPS) is 12.0. The third-order valence-electron chi connectivity index (χ3n) is 3.88. The lowest BCUT2D eigenvalue weighted by Crippen LogP contribution is -2.23. The quantitative estimate of drug-likeness (QED) is 0.635. The second kappa shape index (κ2) is 8.14. The van der Waals surface area contributed by atoms with Crippen molar-refractivity contribution < 1.29 is 9.18 Å². The number of para-hydroxylation sites is 1. The minimum Gasteiger partial charge on any atom is -0.323 e. The topological polar surface area (TPSA) is 70.7 Å². The fraction of sp³-hybridized carbons (Fsp3) is 0.211. The summed E-state index contributed by atoms with van der Waals surface area (Å²) in [5, 5.41) is 9.62. The van der Waals surface area contributed by atoms with Crippen LogP contribution in [0.5, 0.6) is 0 Å². The number of halogens is 1. The first-order chi connectivity index (χ1) is 12.6. The Labute approximate surface area is 155 Å². The summed E-state index contributed by atoms with van der Waals surface area (Å²) in [4.78, 5) is 16.7. The minimum atomic E-state index is -0.472. The van der Waals surface area contributed by atoms with Crippen molar-refractivity contribution in [2.75, 3.05) is 5.32 Å². The van der Waals surface area contributed by atoms with E-state index in [4.69, 9.17) is 0 Å². The molecule has 0 fully saturated rings. The van der Waals surface area contributed by atoms with Crippen LogP contribution in [0.2, 0.25) is 0 Å². The fourth-order valence-electron chi connectivity index (χ4n) is 2.34. The van der Waals surface area contributed by atoms with Crippen LogP contribution in [-0.4, -0.2) is 26.3 Å². The van der Waals surface area contributed by atoms with Crippen LogP contribution in [-0.2, 0) is 11.2 Å². The molecule has 0 radical (unpaired) electrons. The zero-order chi connectivity index (χ0) is 18.5. The number of hydrogen-bond donors (Lipinski definition) is 2. The van der Waals surface area contributed by atoms with Gasteiger partial charge in [-0.3, -0.25) is 9.89 Å². The maximum atomic E-state index is 13.6. The van der Waals surface area contributed by atoms with Gasteiger partial charge in [0.05, 0.1) is 10.9 Å². The first kappa shape index (κ1) is 18.1. The summed E-state index contributed by atoms with van der Waals surface area (Å²) in [6, 6.07) is 14.1. The Morgan fingerprint density at radius 3 is 2.65 bits per heavy atom. The van der Waals surface area contributed by atoms with E-state index < -0.39 is 11.1 Å². The third-order valence-corrected chi connectivity index (χ3v) is 4.84. The van der Waals surface area contributed by atoms with Crippen LogP contribution in [0.3, 0.4) is 0 Å². The van der Waals surface area contributed by atoms with E-state index in [1.54, 1.807) is 19.1 Å². The number of aromatic amines is 1. The van der Waals surface area contributed by atoms with E-state index in [-0.39, 0.29) is 11.6 Å². The zero-order valence-corrected chi connectivity index (χ0v) is 15.3. The molecule has 0 aliphatic heterocycles. The van der Waals surface area contributed by atoms with Crippen LogP contribution >= 0.6 is 11.8 Å². The van der Waals surface area contributed by atoms with Crippen molar-refractivity contribution in [2.45, 2.75) is 30.7 Å². The van der Waals surface area contributed by atoms with Gasteiger partial charge >= 0.3 is 0 Å². The number of H-pyrrole nitrogens is 1. The van der Waals surface area contributed by atoms with E-state index in [9.17, 15) is 9.18 Å². The van der Waals surface area contributed by atoms with Crippen molar-refractivity contribution in [3.8, 4) is 11.4 Å². The highest BCUT2D eigenvalue weighted by atomic mass is 32.2. The molecule has 0 saturated carbocycles. The van der Waals surface area contributed by atoms with Gasteiger partial charge in [-0.1, -0.05) is 55.1 Å². The predicted molar refractivity (Wildman–Crippen MR) is 102 cm³/mol. The summed E-state index contributed by atoms with van der Waals surface area (Å²) in [5.41, 5.74) is 2.35. The van der Waals surface area contributed by atoms with Gasteiger partial charge in [0.25, 0.3) is 0 Å². The van der Waals surface area contributed by atoms with E-state index in [2.05, 4.69) is 39.6 Å². The number of aryl methyl sites for hydroxylation is 1. The molecular weight excluding hydrogens is 351 g/mol. The van der Waals surface area contributed by atoms with Crippen LogP contribution in [0.15, 0.2) is 53.7 Å². The van der Waals surface area contributed by atoms with Crippen LogP contribution in [0.4, 0.5) is 10.1 Å². The Kier molecular flexibility index (Phi) is 5.68. The number of rotatable bonds is 6. The number of anilines is 1. The number of nitrogens with one attached hydrogen (secondary N) is 2. The molecular formula is C19H19FN4OS. The van der Waals surface area contributed by atoms with Gasteiger partial charge in [0.2, 0.25) is 11.1 Å². The smallest absolute Gasteiger partial charge is 0.237 e. The van der Waals surface area contributed by atoms with Crippen LogP contribution in [0.25, 0.3) is 11.4 Å². The summed E-state index contributed by atoms with van der Waals surface area (Å²) in [5.74, 6) is -0.121. The van der Waals surface area contributed by atoms with E-state index in [0.717, 1.165) is 12.0 Å². The molecule has 1 atom stereocenters. The van der Waals surface area contributed by atoms with Crippen molar-refractivity contribution in [3.05, 3.63) is 59.9 Å². The second-order valence-corrected chi connectivity index (χ2v) is 7.05. The Bertz CT molecular complexity index is 895. The lowest BCUT2D eigenvalue weighted by molar-refractivity contribution is -0.115. The molecule has 7 heteroatoms. The summed E-state index contributed by atoms with van der Waals surface area (Å²) < 4.78 is 13.6. The van der Waals surface area contributed by atoms with E-state index in [1.807, 2.05) is 12.1 Å². The van der Waals surface area contributed by atoms with Gasteiger partial charge in [-0.15, -0.1) is 5.10 Å². The molecule has 1 amide bonds. The summed E-state index contributed by atoms with van der Waals surface area (Å²) in [6.07, 6.45) is 0.979. The molecule has 0 bridgehead atoms. The average Bonchev–Trinajstić information content (AvgIpc) is 3.12. The molecule has 5 nitrogen and oxygen atoms in total. The number of carbonyl (C=O) groups is 1. The van der Waals surface area contributed by atoms with Gasteiger partial charge in [-0.05, 0) is 31.0 Å². The Hall–Kier alpha value is -2.67. The van der Waals surface area contributed by atoms with Gasteiger partial charge in [0.15, 0.2) is 5.82 Å². The first-order valence-corrected chi connectivity index (χ1v) is 9.18. The number of benzene rings is 2. The summed E-state index contributed by atoms with van der Waals surface area (Å²) >= 11 is 1.21. The van der Waals surface area contributed by atoms with Gasteiger partial charge in [0, 0.05) is 5.56 Å². The first-order valence-electron chi connectivity index (χ1n) is 8.30. The minimum absolute atomic E-state index is 0.164. The van der Waals surface area contributed by atoms with Gasteiger partial charge in [-0.2, -0.15) is 0 Å². The molecule has 26 heavy (non-hydrogen) atoms. The SMILES string of the molecule is CCc1ccc(-c2nc(S[C@@H](C)C(=O)Nc3ccccc3F)n[nH]2)cc1. The number of amides is 1. The largest absolute Gasteiger partial charge is 0.323 e. The molecule has 0 unspecified atom stereocenters. The van der Waals surface area contributed by atoms with Crippen molar-refractivity contribution >= 4 is 23.4 Å². The Balaban J connectivity index is 1.64. The molecule has 1 heterocycles. The predicted octanol–water partition coefficient (Wildman–Crippen LogP) is 4.29. The van der Waals surface area contributed by atoms with Gasteiger partial charge in [-0.25, -0.2) is 9.37 Å². The molecule has 2 N–H and O–H groups in total. The molecule has 0 spiro atoms. The van der Waals surface area contributed by atoms with Crippen molar-refractivity contribution in [2.24, 2.45) is 0 Å². The number of nitrogens with zero attached hydrogens (tertiary/aromatic N) is 2. The van der Waals surface area contributed by atoms with Crippen LogP contribution < -0.4 is 5.32 Å². The van der Waals surface area contributed by atoms with Gasteiger partial charge < -0.3 is 5.32 Å². The maximum absolute atomic E-state index is 13.6. The lowest BCUT2D eigenvalue weighted by Gasteiger charge is -2.10. The maximum Gasteiger partial charge on any atom is 0.237 e. The van der Waals surface area contributed by atoms with E-state index in [1.165, 1.54) is 29.5 Å². The summed E-state index contributed by atoms with van der Waals surface area (Å²) in [7, 11) is 0. The number of carbonyl (C=O) groups excluding carboxylic acids is 1. The highest BCUT2D eigenvalue weighted by Crippen LogP contribution is 2.24. The van der Waals surface area contributed by atoms with Crippen LogP contribution in [0, 0.1) is 5.82 Å². The monoisotopic (exact) mass is 370 g/mol. The lowest BCUT2D eigenvalue weighted by atomic mass is 10.1. The Morgan fingerprint density at radius 2 is 1.96 bits per heavy atom. The molecule has 0 aliphatic carbocycles. The number of hydrogen-bond acceptors (Lipinski definition) is 4. The van der Waals surface area contributed by atoms with Gasteiger partial charge in [0.1, 0.15) is 5.82 Å². The average molecular weight is 370 g/mol. The molecule has 1 aromatic heterocycles. The molecule has 0 aliphatic rings. The molecule has 3 aromatic rings. The standard InChI is InChI=1S/C19H19FN4OS/c1-3-13-8-10-14(11-9-13)17-22-19(24-23-17)26-12(2)18(25)21-16-7-5-4-6-15(16)20/h4-12H,3H2,1-2H3,(H,21,25)(H,22,23,24)/t12-/m0/s1. The molecule has 134 valence electrons. The van der Waals surface area contributed by atoms with Crippen molar-refractivity contribution in [1.29, 1.82) is 0 Å². The zero-order valence-electron chi connectivity index (χ0n) is 14.5. The third kappa shape index (κ3) is 4.29. The van der Waals surface area contributed by atoms with Crippen molar-refractivity contribution in [3.63, 3.8) is 0 Å². The summed E-state index contributed by atoms with van der Waals surface area (Å²) in [6.45, 7) is 3.83. The molecule has 3 rings (SSSR count). The number of aromatic nitrogens is 3. The van der Waals surface area contributed by atoms with Crippen LogP contribution in [0.1, 0.15) is 19.4 Å². The highest BCUT2D eigenvalue weighted by molar-refractivity contribution is 8.00. The fourth-order valence-corrected chi connectivity index (χ4v) is 3.06. The van der Waals surface area contributed by atoms with E-state index in [0.29, 0.717) is 11.0 Å². The molecule has 0 saturated heterocycles. The Morgan fingerprint density at radius 1 is 1.23 bits per heavy atom. The number of thioether (sulfide) groups is 1. The molecule has 2 aromatic carbocycles. The highest BCUT2D eigenvalue weighted by Gasteiger charge is 2.18. The second-order valence-electron chi connectivity index (χ2n) is 5.75.